The zero-order valence-electron chi connectivity index (χ0n) is 7.10. The first-order valence-corrected chi connectivity index (χ1v) is 4.05. The second-order valence-electron chi connectivity index (χ2n) is 2.37. The van der Waals surface area contributed by atoms with Crippen LogP contribution in [0.4, 0.5) is 0 Å². The maximum atomic E-state index is 4.92. The van der Waals surface area contributed by atoms with Gasteiger partial charge in [0.05, 0.1) is 0 Å². The van der Waals surface area contributed by atoms with Crippen molar-refractivity contribution >= 4 is 0 Å². The molecule has 0 aliphatic rings. The summed E-state index contributed by atoms with van der Waals surface area (Å²) < 4.78 is 4.92. The van der Waals surface area contributed by atoms with Gasteiger partial charge in [-0.3, -0.25) is 0 Å². The maximum Gasteiger partial charge on any atom is 0.0462 e. The molecule has 0 saturated carbocycles. The number of unbranched alkanes of at least 4 members (excludes halogenated alkanes) is 2. The molecule has 0 unspecified atom stereocenters. The molecule has 60 valence electrons. The highest BCUT2D eigenvalue weighted by Gasteiger charge is 1.82. The topological polar surface area (TPSA) is 9.23 Å². The first-order valence-electron chi connectivity index (χ1n) is 4.05. The summed E-state index contributed by atoms with van der Waals surface area (Å²) in [4.78, 5) is 0. The highest BCUT2D eigenvalue weighted by molar-refractivity contribution is 4.79. The number of rotatable bonds is 6. The van der Waals surface area contributed by atoms with E-state index in [0.29, 0.717) is 0 Å². The zero-order valence-corrected chi connectivity index (χ0v) is 7.10. The maximum absolute atomic E-state index is 4.92. The van der Waals surface area contributed by atoms with Crippen LogP contribution in [0.15, 0.2) is 12.2 Å². The smallest absolute Gasteiger partial charge is 0.0462 e. The molecule has 0 atom stereocenters. The Bertz CT molecular complexity index is 76.8. The molecular weight excluding hydrogens is 124 g/mol. The minimum Gasteiger partial charge on any atom is -0.385 e. The fraction of sp³-hybridized carbons (Fsp3) is 0.778. The zero-order chi connectivity index (χ0) is 7.66. The highest BCUT2D eigenvalue weighted by atomic mass is 16.5. The molecule has 0 bridgehead atoms. The van der Waals surface area contributed by atoms with Crippen molar-refractivity contribution in [2.45, 2.75) is 32.6 Å². The molecule has 10 heavy (non-hydrogen) atoms. The summed E-state index contributed by atoms with van der Waals surface area (Å²) in [5.74, 6) is 0. The monoisotopic (exact) mass is 142 g/mol. The number of ether oxygens (including phenoxy) is 1. The Labute approximate surface area is 64.1 Å². The number of allylic oxidation sites excluding steroid dienone is 2. The highest BCUT2D eigenvalue weighted by Crippen LogP contribution is 1.96. The molecule has 0 N–H and O–H groups in total. The normalized spacial score (nSPS) is 11.0. The van der Waals surface area contributed by atoms with Gasteiger partial charge in [0.1, 0.15) is 0 Å². The summed E-state index contributed by atoms with van der Waals surface area (Å²) in [5.41, 5.74) is 0. The average Bonchev–Trinajstić information content (AvgIpc) is 1.97. The van der Waals surface area contributed by atoms with Crippen LogP contribution in [0.5, 0.6) is 0 Å². The summed E-state index contributed by atoms with van der Waals surface area (Å²) >= 11 is 0. The van der Waals surface area contributed by atoms with Gasteiger partial charge in [-0.1, -0.05) is 19.1 Å². The van der Waals surface area contributed by atoms with Crippen LogP contribution in [0.1, 0.15) is 32.6 Å². The van der Waals surface area contributed by atoms with Gasteiger partial charge in [0.2, 0.25) is 0 Å². The Hall–Kier alpha value is -0.300. The summed E-state index contributed by atoms with van der Waals surface area (Å²) in [6.45, 7) is 3.06. The fourth-order valence-corrected chi connectivity index (χ4v) is 0.793. The van der Waals surface area contributed by atoms with Crippen LogP contribution < -0.4 is 0 Å². The number of hydrogen-bond acceptors (Lipinski definition) is 1. The average molecular weight is 142 g/mol. The molecule has 0 aromatic carbocycles. The van der Waals surface area contributed by atoms with Crippen molar-refractivity contribution in [1.29, 1.82) is 0 Å². The quantitative estimate of drug-likeness (QED) is 0.409. The predicted octanol–water partition coefficient (Wildman–Crippen LogP) is 2.77. The molecule has 1 nitrogen and oxygen atoms in total. The van der Waals surface area contributed by atoms with Crippen molar-refractivity contribution in [3.63, 3.8) is 0 Å². The third-order valence-electron chi connectivity index (χ3n) is 1.37. The van der Waals surface area contributed by atoms with Gasteiger partial charge in [0.25, 0.3) is 0 Å². The van der Waals surface area contributed by atoms with Crippen molar-refractivity contribution in [3.8, 4) is 0 Å². The molecule has 1 heteroatoms. The van der Waals surface area contributed by atoms with E-state index in [1.54, 1.807) is 7.11 Å². The van der Waals surface area contributed by atoms with Gasteiger partial charge in [0.15, 0.2) is 0 Å². The lowest BCUT2D eigenvalue weighted by Crippen LogP contribution is -1.86. The van der Waals surface area contributed by atoms with E-state index >= 15 is 0 Å². The van der Waals surface area contributed by atoms with Gasteiger partial charge in [-0.05, 0) is 25.7 Å². The van der Waals surface area contributed by atoms with Crippen LogP contribution in [-0.4, -0.2) is 13.7 Å². The van der Waals surface area contributed by atoms with Gasteiger partial charge in [0, 0.05) is 13.7 Å². The van der Waals surface area contributed by atoms with Crippen LogP contribution in [0, 0.1) is 0 Å². The molecule has 0 radical (unpaired) electrons. The third-order valence-corrected chi connectivity index (χ3v) is 1.37. The minimum atomic E-state index is 0.903. The summed E-state index contributed by atoms with van der Waals surface area (Å²) in [6, 6.07) is 0. The fourth-order valence-electron chi connectivity index (χ4n) is 0.793. The van der Waals surface area contributed by atoms with Gasteiger partial charge in [-0.25, -0.2) is 0 Å². The van der Waals surface area contributed by atoms with Crippen LogP contribution in [0.2, 0.25) is 0 Å². The Balaban J connectivity index is 2.83. The van der Waals surface area contributed by atoms with E-state index in [1.807, 2.05) is 0 Å². The summed E-state index contributed by atoms with van der Waals surface area (Å²) in [7, 11) is 1.75. The van der Waals surface area contributed by atoms with Crippen LogP contribution in [0.3, 0.4) is 0 Å². The third kappa shape index (κ3) is 7.70. The summed E-state index contributed by atoms with van der Waals surface area (Å²) in [6.07, 6.45) is 9.26. The van der Waals surface area contributed by atoms with Crippen LogP contribution >= 0.6 is 0 Å². The molecule has 0 amide bonds. The van der Waals surface area contributed by atoms with Crippen molar-refractivity contribution in [1.82, 2.24) is 0 Å². The molecule has 0 fully saturated rings. The van der Waals surface area contributed by atoms with Crippen molar-refractivity contribution in [3.05, 3.63) is 12.2 Å². The second kappa shape index (κ2) is 8.70. The Morgan fingerprint density at radius 2 is 2.00 bits per heavy atom. The van der Waals surface area contributed by atoms with E-state index < -0.39 is 0 Å². The molecular formula is C9H18O. The van der Waals surface area contributed by atoms with Gasteiger partial charge < -0.3 is 4.74 Å². The first-order chi connectivity index (χ1) is 4.91. The minimum absolute atomic E-state index is 0.903. The SMILES string of the molecule is CCC=CCCCCOC. The Morgan fingerprint density at radius 1 is 1.20 bits per heavy atom. The molecule has 0 aromatic rings. The lowest BCUT2D eigenvalue weighted by Gasteiger charge is -1.94. The standard InChI is InChI=1S/C9H18O/c1-3-4-5-6-7-8-9-10-2/h4-5H,3,6-9H2,1-2H3. The van der Waals surface area contributed by atoms with E-state index in [9.17, 15) is 0 Å². The molecule has 0 heterocycles. The van der Waals surface area contributed by atoms with Gasteiger partial charge in [-0.15, -0.1) is 0 Å². The largest absolute Gasteiger partial charge is 0.385 e. The van der Waals surface area contributed by atoms with E-state index in [-0.39, 0.29) is 0 Å². The molecule has 0 rings (SSSR count). The number of hydrogen-bond donors (Lipinski definition) is 0. The lowest BCUT2D eigenvalue weighted by molar-refractivity contribution is 0.193. The van der Waals surface area contributed by atoms with Gasteiger partial charge in [-0.2, -0.15) is 0 Å². The second-order valence-corrected chi connectivity index (χ2v) is 2.37. The van der Waals surface area contributed by atoms with E-state index in [0.717, 1.165) is 13.0 Å². The number of methoxy groups -OCH3 is 1. The Morgan fingerprint density at radius 3 is 2.60 bits per heavy atom. The summed E-state index contributed by atoms with van der Waals surface area (Å²) in [5, 5.41) is 0. The Kier molecular flexibility index (Phi) is 8.44. The van der Waals surface area contributed by atoms with E-state index in [2.05, 4.69) is 19.1 Å². The van der Waals surface area contributed by atoms with Crippen LogP contribution in [0.25, 0.3) is 0 Å². The lowest BCUT2D eigenvalue weighted by atomic mass is 10.2. The van der Waals surface area contributed by atoms with Crippen molar-refractivity contribution in [2.24, 2.45) is 0 Å². The predicted molar refractivity (Wildman–Crippen MR) is 45.2 cm³/mol. The molecule has 0 aliphatic heterocycles. The molecule has 0 spiro atoms. The van der Waals surface area contributed by atoms with E-state index in [4.69, 9.17) is 4.74 Å². The molecule has 0 aliphatic carbocycles. The van der Waals surface area contributed by atoms with Crippen LogP contribution in [-0.2, 0) is 4.74 Å². The molecule has 0 aromatic heterocycles. The molecule has 0 saturated heterocycles. The van der Waals surface area contributed by atoms with Crippen molar-refractivity contribution < 1.29 is 4.74 Å². The van der Waals surface area contributed by atoms with E-state index in [1.165, 1.54) is 19.3 Å². The van der Waals surface area contributed by atoms with Gasteiger partial charge >= 0.3 is 0 Å². The first kappa shape index (κ1) is 9.70. The van der Waals surface area contributed by atoms with Crippen molar-refractivity contribution in [2.75, 3.05) is 13.7 Å².